The van der Waals surface area contributed by atoms with Gasteiger partial charge >= 0.3 is 0 Å². The Bertz CT molecular complexity index is 206. The maximum absolute atomic E-state index is 11.8. The Morgan fingerprint density at radius 2 is 2.20 bits per heavy atom. The van der Waals surface area contributed by atoms with Gasteiger partial charge in [0.2, 0.25) is 5.91 Å². The van der Waals surface area contributed by atoms with E-state index in [9.17, 15) is 4.79 Å². The zero-order valence-corrected chi connectivity index (χ0v) is 10.0. The molecule has 1 aliphatic heterocycles. The summed E-state index contributed by atoms with van der Waals surface area (Å²) in [6.07, 6.45) is 5.07. The number of nitrogens with zero attached hydrogens (tertiary/aromatic N) is 1. The van der Waals surface area contributed by atoms with Crippen molar-refractivity contribution in [2.75, 3.05) is 13.1 Å². The lowest BCUT2D eigenvalue weighted by molar-refractivity contribution is -0.130. The summed E-state index contributed by atoms with van der Waals surface area (Å²) in [4.78, 5) is 13.8. The SMILES string of the molecule is CCC(N)CN1CCC(CC)CCC1=O. The van der Waals surface area contributed by atoms with Crippen molar-refractivity contribution in [3.8, 4) is 0 Å². The molecule has 3 nitrogen and oxygen atoms in total. The molecule has 3 heteroatoms. The molecule has 88 valence electrons. The molecule has 1 heterocycles. The highest BCUT2D eigenvalue weighted by Gasteiger charge is 2.22. The number of hydrogen-bond donors (Lipinski definition) is 1. The van der Waals surface area contributed by atoms with Gasteiger partial charge in [-0.25, -0.2) is 0 Å². The second-order valence-corrected chi connectivity index (χ2v) is 4.61. The number of amides is 1. The molecule has 0 saturated carbocycles. The third-order valence-electron chi connectivity index (χ3n) is 3.48. The van der Waals surface area contributed by atoms with E-state index in [1.807, 2.05) is 4.90 Å². The maximum atomic E-state index is 11.8. The molecule has 2 atom stereocenters. The molecule has 1 saturated heterocycles. The molecular formula is C12H24N2O. The Morgan fingerprint density at radius 3 is 2.80 bits per heavy atom. The van der Waals surface area contributed by atoms with Gasteiger partial charge in [0.25, 0.3) is 0 Å². The molecule has 0 bridgehead atoms. The van der Waals surface area contributed by atoms with Crippen LogP contribution in [0.1, 0.15) is 46.0 Å². The Morgan fingerprint density at radius 1 is 1.47 bits per heavy atom. The van der Waals surface area contributed by atoms with E-state index in [0.717, 1.165) is 44.7 Å². The van der Waals surface area contributed by atoms with Gasteiger partial charge < -0.3 is 10.6 Å². The highest BCUT2D eigenvalue weighted by atomic mass is 16.2. The average molecular weight is 212 g/mol. The van der Waals surface area contributed by atoms with Crippen LogP contribution in [0.25, 0.3) is 0 Å². The van der Waals surface area contributed by atoms with E-state index < -0.39 is 0 Å². The van der Waals surface area contributed by atoms with Crippen LogP contribution in [0, 0.1) is 5.92 Å². The van der Waals surface area contributed by atoms with Gasteiger partial charge in [0.1, 0.15) is 0 Å². The van der Waals surface area contributed by atoms with Crippen molar-refractivity contribution >= 4 is 5.91 Å². The molecule has 15 heavy (non-hydrogen) atoms. The molecule has 0 aromatic heterocycles. The zero-order chi connectivity index (χ0) is 11.3. The van der Waals surface area contributed by atoms with E-state index in [1.165, 1.54) is 6.42 Å². The van der Waals surface area contributed by atoms with Crippen LogP contribution < -0.4 is 5.73 Å². The first-order valence-corrected chi connectivity index (χ1v) is 6.20. The van der Waals surface area contributed by atoms with Crippen LogP contribution in [0.2, 0.25) is 0 Å². The van der Waals surface area contributed by atoms with Gasteiger partial charge in [-0.3, -0.25) is 4.79 Å². The number of carbonyl (C=O) groups is 1. The lowest BCUT2D eigenvalue weighted by atomic mass is 9.98. The quantitative estimate of drug-likeness (QED) is 0.772. The largest absolute Gasteiger partial charge is 0.341 e. The molecule has 0 aromatic carbocycles. The van der Waals surface area contributed by atoms with Gasteiger partial charge in [-0.15, -0.1) is 0 Å². The second-order valence-electron chi connectivity index (χ2n) is 4.61. The minimum absolute atomic E-state index is 0.145. The van der Waals surface area contributed by atoms with Crippen molar-refractivity contribution in [1.82, 2.24) is 4.90 Å². The lowest BCUT2D eigenvalue weighted by Crippen LogP contribution is -2.40. The predicted octanol–water partition coefficient (Wildman–Crippen LogP) is 1.76. The van der Waals surface area contributed by atoms with E-state index in [0.29, 0.717) is 5.91 Å². The fraction of sp³-hybridized carbons (Fsp3) is 0.917. The zero-order valence-electron chi connectivity index (χ0n) is 10.0. The topological polar surface area (TPSA) is 46.3 Å². The molecule has 0 spiro atoms. The summed E-state index contributed by atoms with van der Waals surface area (Å²) in [5.41, 5.74) is 5.89. The van der Waals surface area contributed by atoms with E-state index in [4.69, 9.17) is 5.73 Å². The van der Waals surface area contributed by atoms with E-state index in [2.05, 4.69) is 13.8 Å². The minimum Gasteiger partial charge on any atom is -0.341 e. The average Bonchev–Trinajstić information content (AvgIpc) is 2.42. The van der Waals surface area contributed by atoms with Crippen LogP contribution in [0.5, 0.6) is 0 Å². The van der Waals surface area contributed by atoms with Crippen LogP contribution in [0.4, 0.5) is 0 Å². The summed E-state index contributed by atoms with van der Waals surface area (Å²) in [7, 11) is 0. The predicted molar refractivity (Wildman–Crippen MR) is 62.5 cm³/mol. The molecular weight excluding hydrogens is 188 g/mol. The summed E-state index contributed by atoms with van der Waals surface area (Å²) in [6, 6.07) is 0.145. The van der Waals surface area contributed by atoms with E-state index >= 15 is 0 Å². The van der Waals surface area contributed by atoms with Gasteiger partial charge in [-0.1, -0.05) is 20.3 Å². The normalized spacial score (nSPS) is 25.1. The monoisotopic (exact) mass is 212 g/mol. The van der Waals surface area contributed by atoms with Gasteiger partial charge in [0.15, 0.2) is 0 Å². The second kappa shape index (κ2) is 6.11. The van der Waals surface area contributed by atoms with Crippen molar-refractivity contribution in [2.45, 2.75) is 52.0 Å². The fourth-order valence-electron chi connectivity index (χ4n) is 2.11. The first-order valence-electron chi connectivity index (χ1n) is 6.20. The number of carbonyl (C=O) groups excluding carboxylic acids is 1. The first-order chi connectivity index (χ1) is 7.17. The Balaban J connectivity index is 2.46. The van der Waals surface area contributed by atoms with Crippen LogP contribution in [0.3, 0.4) is 0 Å². The van der Waals surface area contributed by atoms with Gasteiger partial charge in [0.05, 0.1) is 0 Å². The Labute approximate surface area is 93.0 Å². The Kier molecular flexibility index (Phi) is 5.09. The Hall–Kier alpha value is -0.570. The van der Waals surface area contributed by atoms with E-state index in [-0.39, 0.29) is 6.04 Å². The third kappa shape index (κ3) is 3.82. The van der Waals surface area contributed by atoms with Crippen LogP contribution in [-0.2, 0) is 4.79 Å². The summed E-state index contributed by atoms with van der Waals surface area (Å²) in [5.74, 6) is 1.03. The van der Waals surface area contributed by atoms with Gasteiger partial charge in [0, 0.05) is 25.6 Å². The van der Waals surface area contributed by atoms with E-state index in [1.54, 1.807) is 0 Å². The standard InChI is InChI=1S/C12H24N2O/c1-3-10-5-6-12(15)14(8-7-10)9-11(13)4-2/h10-11H,3-9,13H2,1-2H3. The lowest BCUT2D eigenvalue weighted by Gasteiger charge is -2.23. The minimum atomic E-state index is 0.145. The molecule has 1 rings (SSSR count). The highest BCUT2D eigenvalue weighted by Crippen LogP contribution is 2.21. The van der Waals surface area contributed by atoms with Crippen molar-refractivity contribution in [3.05, 3.63) is 0 Å². The van der Waals surface area contributed by atoms with Crippen LogP contribution in [0.15, 0.2) is 0 Å². The van der Waals surface area contributed by atoms with Gasteiger partial charge in [-0.2, -0.15) is 0 Å². The molecule has 0 aromatic rings. The van der Waals surface area contributed by atoms with Crippen molar-refractivity contribution in [3.63, 3.8) is 0 Å². The molecule has 2 N–H and O–H groups in total. The third-order valence-corrected chi connectivity index (χ3v) is 3.48. The molecule has 1 aliphatic rings. The number of rotatable bonds is 4. The molecule has 1 fully saturated rings. The fourth-order valence-corrected chi connectivity index (χ4v) is 2.11. The van der Waals surface area contributed by atoms with Crippen molar-refractivity contribution < 1.29 is 4.79 Å². The van der Waals surface area contributed by atoms with Crippen LogP contribution >= 0.6 is 0 Å². The van der Waals surface area contributed by atoms with Crippen molar-refractivity contribution in [1.29, 1.82) is 0 Å². The van der Waals surface area contributed by atoms with Crippen molar-refractivity contribution in [2.24, 2.45) is 11.7 Å². The highest BCUT2D eigenvalue weighted by molar-refractivity contribution is 5.76. The van der Waals surface area contributed by atoms with Crippen LogP contribution in [-0.4, -0.2) is 29.9 Å². The number of nitrogens with two attached hydrogens (primary N) is 1. The maximum Gasteiger partial charge on any atom is 0.222 e. The molecule has 1 amide bonds. The molecule has 0 radical (unpaired) electrons. The number of likely N-dealkylation sites (tertiary alicyclic amines) is 1. The molecule has 0 aliphatic carbocycles. The first kappa shape index (κ1) is 12.5. The summed E-state index contributed by atoms with van der Waals surface area (Å²) in [6.45, 7) is 5.93. The smallest absolute Gasteiger partial charge is 0.222 e. The summed E-state index contributed by atoms with van der Waals surface area (Å²) >= 11 is 0. The summed E-state index contributed by atoms with van der Waals surface area (Å²) < 4.78 is 0. The number of hydrogen-bond acceptors (Lipinski definition) is 2. The summed E-state index contributed by atoms with van der Waals surface area (Å²) in [5, 5.41) is 0. The molecule has 2 unspecified atom stereocenters. The van der Waals surface area contributed by atoms with Gasteiger partial charge in [-0.05, 0) is 25.2 Å².